The first-order valence-corrected chi connectivity index (χ1v) is 12.9. The molecule has 0 aliphatic carbocycles. The molecule has 3 N–H and O–H groups in total. The molecule has 1 amide bonds. The minimum atomic E-state index is -0.417. The lowest BCUT2D eigenvalue weighted by atomic mass is 10.0. The van der Waals surface area contributed by atoms with Crippen LogP contribution in [0.3, 0.4) is 0 Å². The molecule has 5 rings (SSSR count). The summed E-state index contributed by atoms with van der Waals surface area (Å²) >= 11 is 6.56. The van der Waals surface area contributed by atoms with Gasteiger partial charge in [0.05, 0.1) is 30.7 Å². The lowest BCUT2D eigenvalue weighted by Gasteiger charge is -2.20. The summed E-state index contributed by atoms with van der Waals surface area (Å²) in [6.45, 7) is 2.41. The third kappa shape index (κ3) is 6.05. The van der Waals surface area contributed by atoms with Crippen LogP contribution in [0.1, 0.15) is 33.4 Å². The van der Waals surface area contributed by atoms with Crippen molar-refractivity contribution in [3.05, 3.63) is 119 Å². The number of benzene rings is 2. The van der Waals surface area contributed by atoms with Gasteiger partial charge >= 0.3 is 0 Å². The van der Waals surface area contributed by atoms with Crippen molar-refractivity contribution in [1.29, 1.82) is 0 Å². The number of imidazole rings is 1. The van der Waals surface area contributed by atoms with Gasteiger partial charge in [0.2, 0.25) is 0 Å². The number of amides is 1. The lowest BCUT2D eigenvalue weighted by molar-refractivity contribution is 0.0905. The molecule has 0 spiro atoms. The predicted octanol–water partition coefficient (Wildman–Crippen LogP) is 5.72. The molecule has 0 aliphatic rings. The number of furan rings is 1. The molecule has 10 heteroatoms. The van der Waals surface area contributed by atoms with Crippen molar-refractivity contribution in [2.45, 2.75) is 19.5 Å². The van der Waals surface area contributed by atoms with Crippen molar-refractivity contribution < 1.29 is 13.9 Å². The van der Waals surface area contributed by atoms with Crippen molar-refractivity contribution in [3.63, 3.8) is 0 Å². The summed E-state index contributed by atoms with van der Waals surface area (Å²) in [7, 11) is 1.55. The Labute approximate surface area is 236 Å². The van der Waals surface area contributed by atoms with E-state index >= 15 is 0 Å². The van der Waals surface area contributed by atoms with E-state index in [0.717, 1.165) is 11.1 Å². The number of aryl methyl sites for hydroxylation is 1. The maximum atomic E-state index is 13.3. The Kier molecular flexibility index (Phi) is 7.93. The van der Waals surface area contributed by atoms with Crippen molar-refractivity contribution in [1.82, 2.24) is 19.9 Å². The SMILES string of the molecule is COc1cc(N=C(N)c2ccccn2)ccc1-c1ccc(C(=O)N[C@@H](Cn2ccnc2)c2ccc(C)cc2Cl)o1. The Hall–Kier alpha value is -4.89. The van der Waals surface area contributed by atoms with Gasteiger partial charge in [0, 0.05) is 36.2 Å². The van der Waals surface area contributed by atoms with E-state index in [4.69, 9.17) is 26.5 Å². The first-order chi connectivity index (χ1) is 19.4. The molecule has 3 aromatic heterocycles. The van der Waals surface area contributed by atoms with Gasteiger partial charge in [0.15, 0.2) is 5.76 Å². The van der Waals surface area contributed by atoms with Crippen LogP contribution in [-0.2, 0) is 6.54 Å². The van der Waals surface area contributed by atoms with Gasteiger partial charge in [-0.05, 0) is 60.5 Å². The molecule has 0 unspecified atom stereocenters. The molecule has 0 saturated heterocycles. The molecule has 40 heavy (non-hydrogen) atoms. The molecule has 202 valence electrons. The number of amidine groups is 1. The molecule has 2 aromatic carbocycles. The zero-order chi connectivity index (χ0) is 28.1. The molecular formula is C30H27ClN6O3. The van der Waals surface area contributed by atoms with Crippen LogP contribution in [0.2, 0.25) is 5.02 Å². The van der Waals surface area contributed by atoms with Gasteiger partial charge in [0.1, 0.15) is 23.0 Å². The van der Waals surface area contributed by atoms with Crippen LogP contribution in [0, 0.1) is 6.92 Å². The van der Waals surface area contributed by atoms with E-state index in [1.165, 1.54) is 0 Å². The zero-order valence-corrected chi connectivity index (χ0v) is 22.7. The Balaban J connectivity index is 1.38. The summed E-state index contributed by atoms with van der Waals surface area (Å²) in [5, 5.41) is 3.62. The van der Waals surface area contributed by atoms with Crippen LogP contribution in [0.5, 0.6) is 5.75 Å². The molecular weight excluding hydrogens is 528 g/mol. The quantitative estimate of drug-likeness (QED) is 0.178. The van der Waals surface area contributed by atoms with Gasteiger partial charge in [-0.3, -0.25) is 9.78 Å². The van der Waals surface area contributed by atoms with E-state index in [1.807, 2.05) is 48.0 Å². The second kappa shape index (κ2) is 11.9. The second-order valence-electron chi connectivity index (χ2n) is 9.07. The summed E-state index contributed by atoms with van der Waals surface area (Å²) in [5.41, 5.74) is 9.76. The van der Waals surface area contributed by atoms with Crippen LogP contribution in [0.4, 0.5) is 5.69 Å². The van der Waals surface area contributed by atoms with Crippen molar-refractivity contribution in [2.75, 3.05) is 7.11 Å². The fraction of sp³-hybridized carbons (Fsp3) is 0.133. The number of carbonyl (C=O) groups is 1. The summed E-state index contributed by atoms with van der Waals surface area (Å²) in [5.74, 6) is 1.04. The minimum Gasteiger partial charge on any atom is -0.496 e. The summed E-state index contributed by atoms with van der Waals surface area (Å²) < 4.78 is 13.4. The number of aromatic nitrogens is 3. The number of ether oxygens (including phenoxy) is 1. The van der Waals surface area contributed by atoms with Crippen molar-refractivity contribution in [3.8, 4) is 17.1 Å². The summed E-state index contributed by atoms with van der Waals surface area (Å²) in [4.78, 5) is 26.1. The Morgan fingerprint density at radius 1 is 1.15 bits per heavy atom. The van der Waals surface area contributed by atoms with Gasteiger partial charge in [-0.1, -0.05) is 29.8 Å². The summed E-state index contributed by atoms with van der Waals surface area (Å²) in [6, 6.07) is 19.5. The standard InChI is InChI=1S/C30H27ClN6O3/c1-19-6-8-21(23(31)15-19)25(17-37-14-13-33-18-37)36-30(38)27-11-10-26(40-27)22-9-7-20(16-28(22)39-2)35-29(32)24-5-3-4-12-34-24/h3-16,18,25H,17H2,1-2H3,(H2,32,35)(H,36,38)/t25-/m0/s1. The number of nitrogens with zero attached hydrogens (tertiary/aromatic N) is 4. The highest BCUT2D eigenvalue weighted by molar-refractivity contribution is 6.31. The van der Waals surface area contributed by atoms with Gasteiger partial charge < -0.3 is 24.8 Å². The van der Waals surface area contributed by atoms with Gasteiger partial charge in [0.25, 0.3) is 5.91 Å². The Morgan fingerprint density at radius 3 is 2.75 bits per heavy atom. The van der Waals surface area contributed by atoms with Crippen LogP contribution >= 0.6 is 11.6 Å². The molecule has 3 heterocycles. The topological polar surface area (TPSA) is 121 Å². The van der Waals surface area contributed by atoms with Crippen LogP contribution in [-0.4, -0.2) is 33.4 Å². The predicted molar refractivity (Wildman–Crippen MR) is 154 cm³/mol. The van der Waals surface area contributed by atoms with E-state index < -0.39 is 6.04 Å². The van der Waals surface area contributed by atoms with Gasteiger partial charge in [-0.15, -0.1) is 0 Å². The Bertz CT molecular complexity index is 1650. The lowest BCUT2D eigenvalue weighted by Crippen LogP contribution is -2.31. The number of carbonyl (C=O) groups excluding carboxylic acids is 1. The van der Waals surface area contributed by atoms with Crippen LogP contribution in [0.25, 0.3) is 11.3 Å². The number of nitrogens with two attached hydrogens (primary N) is 1. The number of methoxy groups -OCH3 is 1. The monoisotopic (exact) mass is 554 g/mol. The minimum absolute atomic E-state index is 0.150. The van der Waals surface area contributed by atoms with E-state index in [0.29, 0.717) is 40.0 Å². The average molecular weight is 555 g/mol. The van der Waals surface area contributed by atoms with E-state index in [2.05, 4.69) is 20.3 Å². The van der Waals surface area contributed by atoms with E-state index in [9.17, 15) is 4.79 Å². The second-order valence-corrected chi connectivity index (χ2v) is 9.48. The number of hydrogen-bond acceptors (Lipinski definition) is 6. The molecule has 0 saturated carbocycles. The molecule has 0 bridgehead atoms. The highest BCUT2D eigenvalue weighted by Crippen LogP contribution is 2.35. The largest absolute Gasteiger partial charge is 0.496 e. The molecule has 1 atom stereocenters. The first-order valence-electron chi connectivity index (χ1n) is 12.5. The fourth-order valence-corrected chi connectivity index (χ4v) is 4.61. The summed E-state index contributed by atoms with van der Waals surface area (Å²) in [6.07, 6.45) is 6.86. The smallest absolute Gasteiger partial charge is 0.287 e. The number of pyridine rings is 1. The van der Waals surface area contributed by atoms with Gasteiger partial charge in [-0.25, -0.2) is 9.98 Å². The number of aliphatic imine (C=N–C) groups is 1. The highest BCUT2D eigenvalue weighted by Gasteiger charge is 2.22. The maximum Gasteiger partial charge on any atom is 0.287 e. The van der Waals surface area contributed by atoms with Crippen molar-refractivity contribution >= 4 is 29.0 Å². The third-order valence-corrected chi connectivity index (χ3v) is 6.57. The fourth-order valence-electron chi connectivity index (χ4n) is 4.24. The normalized spacial score (nSPS) is 12.2. The molecule has 0 fully saturated rings. The van der Waals surface area contributed by atoms with Crippen LogP contribution < -0.4 is 15.8 Å². The first kappa shape index (κ1) is 26.7. The maximum absolute atomic E-state index is 13.3. The number of halogens is 1. The van der Waals surface area contributed by atoms with E-state index in [1.54, 1.807) is 62.2 Å². The zero-order valence-electron chi connectivity index (χ0n) is 21.9. The molecule has 5 aromatic rings. The van der Waals surface area contributed by atoms with Gasteiger partial charge in [-0.2, -0.15) is 0 Å². The molecule has 0 aliphatic heterocycles. The Morgan fingerprint density at radius 2 is 2.02 bits per heavy atom. The number of rotatable bonds is 9. The van der Waals surface area contributed by atoms with Crippen LogP contribution in [0.15, 0.2) is 101 Å². The number of hydrogen-bond donors (Lipinski definition) is 2. The molecule has 0 radical (unpaired) electrons. The average Bonchev–Trinajstić information content (AvgIpc) is 3.66. The third-order valence-electron chi connectivity index (χ3n) is 6.25. The van der Waals surface area contributed by atoms with Crippen molar-refractivity contribution in [2.24, 2.45) is 10.7 Å². The van der Waals surface area contributed by atoms with E-state index in [-0.39, 0.29) is 17.5 Å². The molecule has 9 nitrogen and oxygen atoms in total. The number of nitrogens with one attached hydrogen (secondary N) is 1. The highest BCUT2D eigenvalue weighted by atomic mass is 35.5.